The van der Waals surface area contributed by atoms with E-state index in [0.717, 1.165) is 9.78 Å². The highest BCUT2D eigenvalue weighted by Crippen LogP contribution is 2.26. The summed E-state index contributed by atoms with van der Waals surface area (Å²) in [6, 6.07) is 14.9. The Morgan fingerprint density at radius 2 is 1.76 bits per heavy atom. The SMILES string of the molecule is O=C(COC(=O)c1cccc(N2C(=O)CCC2=O)c1)NC(c1ccc(F)cc1)c1cccs1. The molecule has 3 aromatic rings. The highest BCUT2D eigenvalue weighted by molar-refractivity contribution is 7.10. The van der Waals surface area contributed by atoms with Gasteiger partial charge in [-0.1, -0.05) is 24.3 Å². The molecule has 0 saturated carbocycles. The lowest BCUT2D eigenvalue weighted by molar-refractivity contribution is -0.125. The molecule has 1 unspecified atom stereocenters. The summed E-state index contributed by atoms with van der Waals surface area (Å²) in [6.07, 6.45) is 0.264. The van der Waals surface area contributed by atoms with E-state index in [0.29, 0.717) is 5.56 Å². The van der Waals surface area contributed by atoms with Crippen LogP contribution in [0.5, 0.6) is 0 Å². The number of rotatable bonds is 7. The molecule has 0 bridgehead atoms. The standard InChI is InChI=1S/C24H19FN2O5S/c25-17-8-6-15(7-9-17)23(19-5-2-12-33-19)26-20(28)14-32-24(31)16-3-1-4-18(13-16)27-21(29)10-11-22(27)30/h1-9,12-13,23H,10-11,14H2,(H,26,28). The molecule has 1 fully saturated rings. The van der Waals surface area contributed by atoms with Crippen molar-refractivity contribution < 1.29 is 28.3 Å². The maximum Gasteiger partial charge on any atom is 0.338 e. The zero-order valence-corrected chi connectivity index (χ0v) is 18.1. The van der Waals surface area contributed by atoms with Crippen LogP contribution in [0.1, 0.15) is 39.7 Å². The number of carbonyl (C=O) groups is 4. The van der Waals surface area contributed by atoms with Gasteiger partial charge in [-0.3, -0.25) is 19.3 Å². The van der Waals surface area contributed by atoms with Crippen LogP contribution in [0.25, 0.3) is 0 Å². The Kier molecular flexibility index (Phi) is 6.60. The van der Waals surface area contributed by atoms with Crippen molar-refractivity contribution in [1.82, 2.24) is 5.32 Å². The van der Waals surface area contributed by atoms with Crippen LogP contribution in [-0.4, -0.2) is 30.3 Å². The molecule has 0 spiro atoms. The van der Waals surface area contributed by atoms with E-state index in [2.05, 4.69) is 5.32 Å². The van der Waals surface area contributed by atoms with Gasteiger partial charge in [0.2, 0.25) is 11.8 Å². The Morgan fingerprint density at radius 3 is 2.42 bits per heavy atom. The van der Waals surface area contributed by atoms with E-state index < -0.39 is 24.5 Å². The summed E-state index contributed by atoms with van der Waals surface area (Å²) in [5, 5.41) is 4.67. The van der Waals surface area contributed by atoms with Gasteiger partial charge < -0.3 is 10.1 Å². The van der Waals surface area contributed by atoms with Gasteiger partial charge in [-0.15, -0.1) is 11.3 Å². The molecule has 9 heteroatoms. The molecule has 1 N–H and O–H groups in total. The molecule has 3 amide bonds. The lowest BCUT2D eigenvalue weighted by Gasteiger charge is -2.18. The topological polar surface area (TPSA) is 92.8 Å². The molecule has 7 nitrogen and oxygen atoms in total. The van der Waals surface area contributed by atoms with E-state index in [4.69, 9.17) is 4.74 Å². The highest BCUT2D eigenvalue weighted by atomic mass is 32.1. The van der Waals surface area contributed by atoms with E-state index in [1.807, 2.05) is 17.5 Å². The van der Waals surface area contributed by atoms with E-state index in [1.165, 1.54) is 41.7 Å². The van der Waals surface area contributed by atoms with E-state index >= 15 is 0 Å². The summed E-state index contributed by atoms with van der Waals surface area (Å²) < 4.78 is 18.5. The maximum atomic E-state index is 13.3. The summed E-state index contributed by atoms with van der Waals surface area (Å²) in [7, 11) is 0. The minimum Gasteiger partial charge on any atom is -0.452 e. The lowest BCUT2D eigenvalue weighted by Crippen LogP contribution is -2.32. The van der Waals surface area contributed by atoms with Crippen molar-refractivity contribution in [2.75, 3.05) is 11.5 Å². The number of carbonyl (C=O) groups excluding carboxylic acids is 4. The summed E-state index contributed by atoms with van der Waals surface area (Å²) in [6.45, 7) is -0.534. The van der Waals surface area contributed by atoms with Crippen LogP contribution in [-0.2, 0) is 19.1 Å². The predicted molar refractivity (Wildman–Crippen MR) is 119 cm³/mol. The quantitative estimate of drug-likeness (QED) is 0.424. The number of ether oxygens (including phenoxy) is 1. The summed E-state index contributed by atoms with van der Waals surface area (Å²) in [5.74, 6) is -2.34. The Labute approximate surface area is 192 Å². The molecule has 1 aromatic heterocycles. The van der Waals surface area contributed by atoms with Crippen molar-refractivity contribution in [2.45, 2.75) is 18.9 Å². The van der Waals surface area contributed by atoms with Crippen molar-refractivity contribution in [3.63, 3.8) is 0 Å². The van der Waals surface area contributed by atoms with E-state index in [1.54, 1.807) is 18.2 Å². The van der Waals surface area contributed by atoms with Crippen LogP contribution in [0.3, 0.4) is 0 Å². The first-order valence-corrected chi connectivity index (χ1v) is 11.0. The molecule has 33 heavy (non-hydrogen) atoms. The van der Waals surface area contributed by atoms with Gasteiger partial charge in [-0.25, -0.2) is 9.18 Å². The number of hydrogen-bond donors (Lipinski definition) is 1. The van der Waals surface area contributed by atoms with Gasteiger partial charge in [0.05, 0.1) is 17.3 Å². The fourth-order valence-corrected chi connectivity index (χ4v) is 4.29. The number of benzene rings is 2. The van der Waals surface area contributed by atoms with Crippen molar-refractivity contribution >= 4 is 40.7 Å². The predicted octanol–water partition coefficient (Wildman–Crippen LogP) is 3.60. The maximum absolute atomic E-state index is 13.3. The largest absolute Gasteiger partial charge is 0.452 e. The van der Waals surface area contributed by atoms with Crippen molar-refractivity contribution in [3.8, 4) is 0 Å². The second-order valence-electron chi connectivity index (χ2n) is 7.32. The van der Waals surface area contributed by atoms with Gasteiger partial charge in [-0.05, 0) is 47.3 Å². The van der Waals surface area contributed by atoms with Gasteiger partial charge in [0.25, 0.3) is 5.91 Å². The number of hydrogen-bond acceptors (Lipinski definition) is 6. The molecule has 1 aliphatic rings. The monoisotopic (exact) mass is 466 g/mol. The first kappa shape index (κ1) is 22.3. The first-order valence-electron chi connectivity index (χ1n) is 10.1. The summed E-state index contributed by atoms with van der Waals surface area (Å²) >= 11 is 1.43. The van der Waals surface area contributed by atoms with Crippen molar-refractivity contribution in [1.29, 1.82) is 0 Å². The fourth-order valence-electron chi connectivity index (χ4n) is 3.48. The smallest absolute Gasteiger partial charge is 0.338 e. The van der Waals surface area contributed by atoms with Crippen LogP contribution >= 0.6 is 11.3 Å². The zero-order valence-electron chi connectivity index (χ0n) is 17.3. The molecule has 2 aromatic carbocycles. The minimum atomic E-state index is -0.763. The van der Waals surface area contributed by atoms with E-state index in [-0.39, 0.29) is 41.7 Å². The Morgan fingerprint density at radius 1 is 1.03 bits per heavy atom. The first-order chi connectivity index (χ1) is 15.9. The average Bonchev–Trinajstić information content (AvgIpc) is 3.46. The van der Waals surface area contributed by atoms with Crippen LogP contribution in [0.2, 0.25) is 0 Å². The molecule has 0 aliphatic carbocycles. The zero-order chi connectivity index (χ0) is 23.4. The van der Waals surface area contributed by atoms with Crippen molar-refractivity contribution in [3.05, 3.63) is 87.9 Å². The number of nitrogens with zero attached hydrogens (tertiary/aromatic N) is 1. The van der Waals surface area contributed by atoms with Gasteiger partial charge in [0.15, 0.2) is 6.61 Å². The number of amides is 3. The van der Waals surface area contributed by atoms with Gasteiger partial charge >= 0.3 is 5.97 Å². The van der Waals surface area contributed by atoms with Crippen LogP contribution < -0.4 is 10.2 Å². The molecule has 1 aliphatic heterocycles. The molecule has 2 heterocycles. The lowest BCUT2D eigenvalue weighted by atomic mass is 10.1. The molecular weight excluding hydrogens is 447 g/mol. The third-order valence-electron chi connectivity index (χ3n) is 5.06. The summed E-state index contributed by atoms with van der Waals surface area (Å²) in [5.41, 5.74) is 1.09. The summed E-state index contributed by atoms with van der Waals surface area (Å²) in [4.78, 5) is 50.7. The molecule has 1 saturated heterocycles. The molecule has 4 rings (SSSR count). The Bertz CT molecular complexity index is 1180. The number of halogens is 1. The Balaban J connectivity index is 1.41. The fraction of sp³-hybridized carbons (Fsp3) is 0.167. The molecule has 168 valence electrons. The molecule has 0 radical (unpaired) electrons. The third-order valence-corrected chi connectivity index (χ3v) is 6.00. The van der Waals surface area contributed by atoms with E-state index in [9.17, 15) is 23.6 Å². The normalized spacial score (nSPS) is 14.3. The van der Waals surface area contributed by atoms with Gasteiger partial charge in [-0.2, -0.15) is 0 Å². The van der Waals surface area contributed by atoms with Crippen LogP contribution in [0.15, 0.2) is 66.0 Å². The van der Waals surface area contributed by atoms with Crippen molar-refractivity contribution in [2.24, 2.45) is 0 Å². The number of nitrogens with one attached hydrogen (secondary N) is 1. The van der Waals surface area contributed by atoms with Crippen LogP contribution in [0, 0.1) is 5.82 Å². The highest BCUT2D eigenvalue weighted by Gasteiger charge is 2.30. The average molecular weight is 466 g/mol. The minimum absolute atomic E-state index is 0.112. The van der Waals surface area contributed by atoms with Crippen LogP contribution in [0.4, 0.5) is 10.1 Å². The molecule has 1 atom stereocenters. The molecular formula is C24H19FN2O5S. The number of anilines is 1. The van der Waals surface area contributed by atoms with Gasteiger partial charge in [0.1, 0.15) is 5.82 Å². The second-order valence-corrected chi connectivity index (χ2v) is 8.30. The van der Waals surface area contributed by atoms with Gasteiger partial charge in [0, 0.05) is 17.7 Å². The number of imide groups is 1. The second kappa shape index (κ2) is 9.74. The Hall–Kier alpha value is -3.85. The third kappa shape index (κ3) is 5.15. The number of thiophene rings is 1. The number of esters is 1.